The largest absolute Gasteiger partial charge is 0.347 e. The van der Waals surface area contributed by atoms with Crippen LogP contribution in [0.25, 0.3) is 0 Å². The summed E-state index contributed by atoms with van der Waals surface area (Å²) in [5.41, 5.74) is 10.8. The van der Waals surface area contributed by atoms with Gasteiger partial charge in [-0.15, -0.1) is 0 Å². The van der Waals surface area contributed by atoms with Crippen LogP contribution in [0.4, 0.5) is 5.69 Å². The fourth-order valence-electron chi connectivity index (χ4n) is 6.95. The van der Waals surface area contributed by atoms with Crippen LogP contribution in [0.2, 0.25) is 0 Å². The Balaban J connectivity index is 1.68. The molecule has 0 bridgehead atoms. The van der Waals surface area contributed by atoms with E-state index in [1.165, 1.54) is 44.6 Å². The van der Waals surface area contributed by atoms with Crippen LogP contribution in [-0.2, 0) is 5.54 Å². The number of rotatable bonds is 3. The maximum absolute atomic E-state index is 2.82. The number of fused-ring (bicyclic) bond motifs is 3. The zero-order valence-electron chi connectivity index (χ0n) is 21.4. The molecule has 4 aromatic rings. The second kappa shape index (κ2) is 8.10. The molecule has 0 saturated carbocycles. The van der Waals surface area contributed by atoms with Crippen molar-refractivity contribution in [3.63, 3.8) is 0 Å². The molecule has 3 unspecified atom stereocenters. The van der Waals surface area contributed by atoms with Crippen molar-refractivity contribution < 1.29 is 0 Å². The van der Waals surface area contributed by atoms with Gasteiger partial charge in [-0.05, 0) is 79.6 Å². The molecule has 176 valence electrons. The third-order valence-corrected chi connectivity index (χ3v) is 8.57. The van der Waals surface area contributed by atoms with Gasteiger partial charge in [-0.3, -0.25) is 4.90 Å². The Labute approximate surface area is 209 Å². The SMILES string of the molecule is Cc1ccccc1N1C(c2c(C)cccc2C)N2C(c3ccccc3C2(C)c2ccccc2)[C@@H]1C. The van der Waals surface area contributed by atoms with E-state index >= 15 is 0 Å². The summed E-state index contributed by atoms with van der Waals surface area (Å²) in [4.78, 5) is 5.52. The Morgan fingerprint density at radius 1 is 0.657 bits per heavy atom. The number of hydrogen-bond acceptors (Lipinski definition) is 2. The van der Waals surface area contributed by atoms with Crippen LogP contribution in [0.15, 0.2) is 97.1 Å². The van der Waals surface area contributed by atoms with E-state index in [-0.39, 0.29) is 11.7 Å². The summed E-state index contributed by atoms with van der Waals surface area (Å²) in [5, 5.41) is 0. The number of aryl methyl sites for hydroxylation is 3. The molecule has 35 heavy (non-hydrogen) atoms. The molecule has 0 N–H and O–H groups in total. The van der Waals surface area contributed by atoms with Crippen molar-refractivity contribution in [2.24, 2.45) is 0 Å². The van der Waals surface area contributed by atoms with Crippen LogP contribution < -0.4 is 4.90 Å². The van der Waals surface area contributed by atoms with Crippen LogP contribution >= 0.6 is 0 Å². The first-order valence-electron chi connectivity index (χ1n) is 12.8. The van der Waals surface area contributed by atoms with Crippen LogP contribution in [0, 0.1) is 20.8 Å². The van der Waals surface area contributed by atoms with Gasteiger partial charge in [-0.2, -0.15) is 0 Å². The molecule has 0 radical (unpaired) electrons. The zero-order valence-corrected chi connectivity index (χ0v) is 21.4. The van der Waals surface area contributed by atoms with Gasteiger partial charge < -0.3 is 4.90 Å². The summed E-state index contributed by atoms with van der Waals surface area (Å²) >= 11 is 0. The molecule has 0 aliphatic carbocycles. The molecule has 0 spiro atoms. The van der Waals surface area contributed by atoms with Gasteiger partial charge in [0.2, 0.25) is 0 Å². The van der Waals surface area contributed by atoms with E-state index in [2.05, 4.69) is 141 Å². The number of para-hydroxylation sites is 1. The maximum Gasteiger partial charge on any atom is 0.111 e. The molecular formula is C33H34N2. The van der Waals surface area contributed by atoms with Gasteiger partial charge in [0.15, 0.2) is 0 Å². The van der Waals surface area contributed by atoms with Crippen LogP contribution in [-0.4, -0.2) is 10.9 Å². The molecule has 2 aliphatic rings. The minimum atomic E-state index is -0.242. The van der Waals surface area contributed by atoms with E-state index in [0.29, 0.717) is 12.1 Å². The normalized spacial score (nSPS) is 25.5. The lowest BCUT2D eigenvalue weighted by atomic mass is 9.83. The molecule has 4 atom stereocenters. The van der Waals surface area contributed by atoms with E-state index in [1.54, 1.807) is 0 Å². The predicted molar refractivity (Wildman–Crippen MR) is 146 cm³/mol. The highest BCUT2D eigenvalue weighted by molar-refractivity contribution is 5.62. The predicted octanol–water partition coefficient (Wildman–Crippen LogP) is 7.84. The van der Waals surface area contributed by atoms with E-state index in [4.69, 9.17) is 0 Å². The molecule has 2 heteroatoms. The third kappa shape index (κ3) is 3.06. The highest BCUT2D eigenvalue weighted by atomic mass is 15.5. The molecule has 2 aliphatic heterocycles. The van der Waals surface area contributed by atoms with Crippen molar-refractivity contribution in [1.82, 2.24) is 4.90 Å². The number of nitrogens with zero attached hydrogens (tertiary/aromatic N) is 2. The molecule has 2 nitrogen and oxygen atoms in total. The molecule has 2 heterocycles. The topological polar surface area (TPSA) is 6.48 Å². The minimum Gasteiger partial charge on any atom is -0.347 e. The van der Waals surface area contributed by atoms with Gasteiger partial charge in [0.05, 0.1) is 11.6 Å². The lowest BCUT2D eigenvalue weighted by molar-refractivity contribution is 0.0998. The van der Waals surface area contributed by atoms with Gasteiger partial charge in [-0.25, -0.2) is 0 Å². The Morgan fingerprint density at radius 3 is 1.97 bits per heavy atom. The zero-order chi connectivity index (χ0) is 24.3. The average Bonchev–Trinajstić information content (AvgIpc) is 3.31. The second-order valence-electron chi connectivity index (χ2n) is 10.5. The standard InChI is InChI=1S/C33H34N2/c1-22-14-9-12-21-29(22)34-25(4)31-27-19-10-11-20-28(27)33(5,26-17-7-6-8-18-26)35(31)32(34)30-23(2)15-13-16-24(30)3/h6-21,25,31-32H,1-5H3/t25-,31?,32?,33?/m0/s1. The maximum atomic E-state index is 2.82. The van der Waals surface area contributed by atoms with Crippen LogP contribution in [0.1, 0.15) is 65.0 Å². The van der Waals surface area contributed by atoms with E-state index in [0.717, 1.165) is 0 Å². The summed E-state index contributed by atoms with van der Waals surface area (Å²) in [5.74, 6) is 0. The van der Waals surface area contributed by atoms with E-state index < -0.39 is 0 Å². The molecule has 1 fully saturated rings. The van der Waals surface area contributed by atoms with Crippen molar-refractivity contribution in [3.8, 4) is 0 Å². The number of benzene rings is 4. The van der Waals surface area contributed by atoms with E-state index in [1.807, 2.05) is 0 Å². The fourth-order valence-corrected chi connectivity index (χ4v) is 6.95. The summed E-state index contributed by atoms with van der Waals surface area (Å²) in [6, 6.07) is 36.5. The lowest BCUT2D eigenvalue weighted by Gasteiger charge is -2.43. The van der Waals surface area contributed by atoms with Crippen molar-refractivity contribution in [3.05, 3.63) is 136 Å². The first-order valence-corrected chi connectivity index (χ1v) is 12.8. The van der Waals surface area contributed by atoms with Crippen LogP contribution in [0.5, 0.6) is 0 Å². The molecule has 0 aromatic heterocycles. The highest BCUT2D eigenvalue weighted by Gasteiger charge is 2.60. The summed E-state index contributed by atoms with van der Waals surface area (Å²) in [6.45, 7) is 11.7. The van der Waals surface area contributed by atoms with Gasteiger partial charge >= 0.3 is 0 Å². The Hall–Kier alpha value is -3.36. The third-order valence-electron chi connectivity index (χ3n) is 8.57. The Bertz CT molecular complexity index is 1370. The van der Waals surface area contributed by atoms with Crippen molar-refractivity contribution in [1.29, 1.82) is 0 Å². The van der Waals surface area contributed by atoms with Gasteiger partial charge in [0, 0.05) is 11.7 Å². The Kier molecular flexibility index (Phi) is 5.12. The summed E-state index contributed by atoms with van der Waals surface area (Å²) in [7, 11) is 0. The lowest BCUT2D eigenvalue weighted by Crippen LogP contribution is -2.44. The molecule has 6 rings (SSSR count). The number of hydrogen-bond donors (Lipinski definition) is 0. The fraction of sp³-hybridized carbons (Fsp3) is 0.273. The summed E-state index contributed by atoms with van der Waals surface area (Å²) < 4.78 is 0. The first-order chi connectivity index (χ1) is 16.9. The van der Waals surface area contributed by atoms with Crippen LogP contribution in [0.3, 0.4) is 0 Å². The van der Waals surface area contributed by atoms with Crippen molar-refractivity contribution in [2.45, 2.75) is 58.4 Å². The smallest absolute Gasteiger partial charge is 0.111 e. The monoisotopic (exact) mass is 458 g/mol. The minimum absolute atomic E-state index is 0.120. The van der Waals surface area contributed by atoms with Gasteiger partial charge in [-0.1, -0.05) is 91.0 Å². The van der Waals surface area contributed by atoms with Crippen molar-refractivity contribution >= 4 is 5.69 Å². The van der Waals surface area contributed by atoms with E-state index in [9.17, 15) is 0 Å². The average molecular weight is 459 g/mol. The number of anilines is 1. The Morgan fingerprint density at radius 2 is 1.26 bits per heavy atom. The molecule has 1 saturated heterocycles. The summed E-state index contributed by atoms with van der Waals surface area (Å²) in [6.07, 6.45) is 0.120. The quantitative estimate of drug-likeness (QED) is 0.308. The molecular weight excluding hydrogens is 424 g/mol. The first kappa shape index (κ1) is 22.1. The van der Waals surface area contributed by atoms with Gasteiger partial charge in [0.1, 0.15) is 6.17 Å². The highest BCUT2D eigenvalue weighted by Crippen LogP contribution is 2.61. The second-order valence-corrected chi connectivity index (χ2v) is 10.5. The molecule has 0 amide bonds. The van der Waals surface area contributed by atoms with Gasteiger partial charge in [0.25, 0.3) is 0 Å². The molecule has 4 aromatic carbocycles. The van der Waals surface area contributed by atoms with Crippen molar-refractivity contribution in [2.75, 3.05) is 4.90 Å².